The van der Waals surface area contributed by atoms with E-state index in [1.165, 1.54) is 7.11 Å². The van der Waals surface area contributed by atoms with Gasteiger partial charge < -0.3 is 4.74 Å². The second-order valence-corrected chi connectivity index (χ2v) is 4.76. The van der Waals surface area contributed by atoms with Gasteiger partial charge in [-0.15, -0.1) is 0 Å². The largest absolute Gasteiger partial charge is 0.469 e. The fourth-order valence-electron chi connectivity index (χ4n) is 2.22. The van der Waals surface area contributed by atoms with Gasteiger partial charge in [0.15, 0.2) is 11.3 Å². The predicted octanol–water partition coefficient (Wildman–Crippen LogP) is 2.44. The summed E-state index contributed by atoms with van der Waals surface area (Å²) in [5, 5.41) is 36.9. The van der Waals surface area contributed by atoms with Crippen molar-refractivity contribution in [1.82, 2.24) is 0 Å². The molecule has 0 rings (SSSR count). The van der Waals surface area contributed by atoms with Crippen molar-refractivity contribution in [3.63, 3.8) is 0 Å². The van der Waals surface area contributed by atoms with Crippen LogP contribution in [0.4, 0.5) is 0 Å². The monoisotopic (exact) mass is 286 g/mol. The molecule has 0 aromatic carbocycles. The summed E-state index contributed by atoms with van der Waals surface area (Å²) in [6, 6.07) is 7.02. The van der Waals surface area contributed by atoms with Crippen LogP contribution in [0.1, 0.15) is 39.0 Å². The van der Waals surface area contributed by atoms with Crippen molar-refractivity contribution in [3.8, 4) is 24.3 Å². The molecule has 110 valence electrons. The molecule has 1 atom stereocenters. The molecule has 0 saturated carbocycles. The van der Waals surface area contributed by atoms with E-state index in [0.29, 0.717) is 12.8 Å². The van der Waals surface area contributed by atoms with Gasteiger partial charge in [0.25, 0.3) is 0 Å². The van der Waals surface area contributed by atoms with Gasteiger partial charge in [-0.25, -0.2) is 0 Å². The van der Waals surface area contributed by atoms with Crippen molar-refractivity contribution in [1.29, 1.82) is 21.0 Å². The molecule has 0 aromatic heterocycles. The van der Waals surface area contributed by atoms with E-state index in [1.807, 2.05) is 19.1 Å². The van der Waals surface area contributed by atoms with Crippen LogP contribution in [0.2, 0.25) is 0 Å². The molecule has 0 saturated heterocycles. The van der Waals surface area contributed by atoms with Crippen LogP contribution < -0.4 is 0 Å². The minimum atomic E-state index is -1.81. The fourth-order valence-corrected chi connectivity index (χ4v) is 2.22. The number of hydrogen-bond donors (Lipinski definition) is 0. The van der Waals surface area contributed by atoms with E-state index < -0.39 is 23.2 Å². The summed E-state index contributed by atoms with van der Waals surface area (Å²) in [5.74, 6) is -2.65. The Morgan fingerprint density at radius 1 is 1.14 bits per heavy atom. The van der Waals surface area contributed by atoms with Gasteiger partial charge in [-0.05, 0) is 6.42 Å². The maximum absolute atomic E-state index is 11.5. The van der Waals surface area contributed by atoms with Crippen molar-refractivity contribution in [2.75, 3.05) is 7.11 Å². The summed E-state index contributed by atoms with van der Waals surface area (Å²) in [5.41, 5.74) is -1.81. The Morgan fingerprint density at radius 2 is 1.71 bits per heavy atom. The van der Waals surface area contributed by atoms with E-state index in [-0.39, 0.29) is 6.42 Å². The normalized spacial score (nSPS) is 11.6. The minimum Gasteiger partial charge on any atom is -0.469 e. The first kappa shape index (κ1) is 18.4. The average molecular weight is 286 g/mol. The zero-order valence-corrected chi connectivity index (χ0v) is 12.3. The molecular weight excluding hydrogens is 268 g/mol. The first-order valence-corrected chi connectivity index (χ1v) is 6.74. The zero-order chi connectivity index (χ0) is 16.3. The van der Waals surface area contributed by atoms with Crippen LogP contribution in [0, 0.1) is 62.6 Å². The molecule has 0 fully saturated rings. The molecule has 0 aliphatic rings. The van der Waals surface area contributed by atoms with Gasteiger partial charge in [0.05, 0.1) is 37.8 Å². The lowest BCUT2D eigenvalue weighted by Gasteiger charge is -2.29. The molecular formula is C15H18N4O2. The SMILES string of the molecule is CCCCCC(CC(=O)OC)C(C#N)(C#N)C(C#N)C#N. The maximum atomic E-state index is 11.5. The molecule has 0 spiro atoms. The Balaban J connectivity index is 5.54. The van der Waals surface area contributed by atoms with Crippen LogP contribution in [0.15, 0.2) is 0 Å². The smallest absolute Gasteiger partial charge is 0.305 e. The molecule has 6 nitrogen and oxygen atoms in total. The highest BCUT2D eigenvalue weighted by atomic mass is 16.5. The van der Waals surface area contributed by atoms with E-state index in [4.69, 9.17) is 10.5 Å². The van der Waals surface area contributed by atoms with Gasteiger partial charge in [-0.2, -0.15) is 21.0 Å². The molecule has 6 heteroatoms. The van der Waals surface area contributed by atoms with Crippen LogP contribution in [0.25, 0.3) is 0 Å². The first-order chi connectivity index (χ1) is 10.1. The lowest BCUT2D eigenvalue weighted by molar-refractivity contribution is -0.142. The number of ether oxygens (including phenoxy) is 1. The van der Waals surface area contributed by atoms with Gasteiger partial charge in [0.2, 0.25) is 0 Å². The topological polar surface area (TPSA) is 121 Å². The summed E-state index contributed by atoms with van der Waals surface area (Å²) in [7, 11) is 1.22. The van der Waals surface area contributed by atoms with Crippen molar-refractivity contribution in [2.24, 2.45) is 17.3 Å². The van der Waals surface area contributed by atoms with E-state index in [9.17, 15) is 15.3 Å². The van der Waals surface area contributed by atoms with Crippen LogP contribution in [0.3, 0.4) is 0 Å². The fraction of sp³-hybridized carbons (Fsp3) is 0.667. The zero-order valence-electron chi connectivity index (χ0n) is 12.3. The van der Waals surface area contributed by atoms with Crippen LogP contribution in [-0.2, 0) is 9.53 Å². The second-order valence-electron chi connectivity index (χ2n) is 4.76. The summed E-state index contributed by atoms with van der Waals surface area (Å²) >= 11 is 0. The molecule has 21 heavy (non-hydrogen) atoms. The highest BCUT2D eigenvalue weighted by Crippen LogP contribution is 2.40. The third-order valence-electron chi connectivity index (χ3n) is 3.52. The summed E-state index contributed by atoms with van der Waals surface area (Å²) in [6.07, 6.45) is 2.81. The molecule has 0 amide bonds. The quantitative estimate of drug-likeness (QED) is 0.499. The maximum Gasteiger partial charge on any atom is 0.305 e. The third kappa shape index (κ3) is 4.48. The van der Waals surface area contributed by atoms with Gasteiger partial charge in [0, 0.05) is 5.92 Å². The Kier molecular flexibility index (Phi) is 8.21. The Bertz CT molecular complexity index is 488. The molecule has 0 aromatic rings. The summed E-state index contributed by atoms with van der Waals surface area (Å²) < 4.78 is 4.59. The molecule has 0 aliphatic carbocycles. The van der Waals surface area contributed by atoms with Crippen molar-refractivity contribution in [2.45, 2.75) is 39.0 Å². The third-order valence-corrected chi connectivity index (χ3v) is 3.52. The Morgan fingerprint density at radius 3 is 2.10 bits per heavy atom. The minimum absolute atomic E-state index is 0.152. The lowest BCUT2D eigenvalue weighted by atomic mass is 9.66. The van der Waals surface area contributed by atoms with E-state index >= 15 is 0 Å². The van der Waals surface area contributed by atoms with Gasteiger partial charge in [-0.1, -0.05) is 26.2 Å². The van der Waals surface area contributed by atoms with E-state index in [1.54, 1.807) is 12.1 Å². The number of carbonyl (C=O) groups excluding carboxylic acids is 1. The van der Waals surface area contributed by atoms with Crippen LogP contribution >= 0.6 is 0 Å². The number of carbonyl (C=O) groups is 1. The molecule has 0 radical (unpaired) electrons. The number of nitriles is 4. The van der Waals surface area contributed by atoms with E-state index in [2.05, 4.69) is 4.74 Å². The summed E-state index contributed by atoms with van der Waals surface area (Å²) in [4.78, 5) is 11.5. The number of rotatable bonds is 8. The molecule has 0 N–H and O–H groups in total. The van der Waals surface area contributed by atoms with Gasteiger partial charge >= 0.3 is 5.97 Å². The molecule has 0 bridgehead atoms. The summed E-state index contributed by atoms with van der Waals surface area (Å²) in [6.45, 7) is 2.00. The standard InChI is InChI=1S/C15H18N4O2/c1-3-4-5-6-12(7-14(20)21-2)15(10-18,11-19)13(8-16)9-17/h12-13H,3-7H2,1-2H3. The number of nitrogens with zero attached hydrogens (tertiary/aromatic N) is 4. The number of esters is 1. The molecule has 0 heterocycles. The van der Waals surface area contributed by atoms with Crippen LogP contribution in [0.5, 0.6) is 0 Å². The van der Waals surface area contributed by atoms with Crippen LogP contribution in [-0.4, -0.2) is 13.1 Å². The lowest BCUT2D eigenvalue weighted by Crippen LogP contribution is -2.36. The first-order valence-electron chi connectivity index (χ1n) is 6.74. The van der Waals surface area contributed by atoms with Crippen molar-refractivity contribution < 1.29 is 9.53 Å². The van der Waals surface area contributed by atoms with Gasteiger partial charge in [0.1, 0.15) is 0 Å². The van der Waals surface area contributed by atoms with Crippen molar-refractivity contribution >= 4 is 5.97 Å². The van der Waals surface area contributed by atoms with Gasteiger partial charge in [-0.3, -0.25) is 4.79 Å². The number of hydrogen-bond acceptors (Lipinski definition) is 6. The van der Waals surface area contributed by atoms with Crippen molar-refractivity contribution in [3.05, 3.63) is 0 Å². The number of unbranched alkanes of at least 4 members (excludes halogenated alkanes) is 2. The highest BCUT2D eigenvalue weighted by molar-refractivity contribution is 5.69. The second kappa shape index (κ2) is 9.35. The highest BCUT2D eigenvalue weighted by Gasteiger charge is 2.48. The number of methoxy groups -OCH3 is 1. The molecule has 1 unspecified atom stereocenters. The Labute approximate surface area is 125 Å². The van der Waals surface area contributed by atoms with E-state index in [0.717, 1.165) is 12.8 Å². The average Bonchev–Trinajstić information content (AvgIpc) is 2.51. The Hall–Kier alpha value is -2.57. The predicted molar refractivity (Wildman–Crippen MR) is 72.6 cm³/mol. The molecule has 0 aliphatic heterocycles.